The van der Waals surface area contributed by atoms with Crippen LogP contribution in [0.1, 0.15) is 67.2 Å². The topological polar surface area (TPSA) is 29.1 Å². The number of amides is 1. The molecule has 1 aliphatic carbocycles. The van der Waals surface area contributed by atoms with Crippen LogP contribution in [0, 0.1) is 16.2 Å². The van der Waals surface area contributed by atoms with E-state index in [2.05, 4.69) is 46.9 Å². The zero-order valence-corrected chi connectivity index (χ0v) is 12.4. The van der Waals surface area contributed by atoms with Gasteiger partial charge >= 0.3 is 0 Å². The molecule has 100 valence electrons. The smallest absolute Gasteiger partial charge is 0.207 e. The van der Waals surface area contributed by atoms with E-state index >= 15 is 0 Å². The molecule has 0 aromatic heterocycles. The highest BCUT2D eigenvalue weighted by atomic mass is 16.1. The van der Waals surface area contributed by atoms with Gasteiger partial charge in [-0.15, -0.1) is 0 Å². The summed E-state index contributed by atoms with van der Waals surface area (Å²) >= 11 is 0. The molecule has 1 saturated carbocycles. The van der Waals surface area contributed by atoms with Gasteiger partial charge in [-0.05, 0) is 35.5 Å². The number of carbonyl (C=O) groups is 1. The third-order valence-corrected chi connectivity index (χ3v) is 4.93. The SMILES string of the molecule is CC(C)(C)C1(C(C)(C)C)CCCC(NC=O)C1. The molecular formula is C15H29NO. The van der Waals surface area contributed by atoms with Crippen molar-refractivity contribution in [2.45, 2.75) is 73.3 Å². The Balaban J connectivity index is 3.03. The summed E-state index contributed by atoms with van der Waals surface area (Å²) in [7, 11) is 0. The summed E-state index contributed by atoms with van der Waals surface area (Å²) in [6, 6.07) is 0.361. The quantitative estimate of drug-likeness (QED) is 0.730. The number of nitrogens with one attached hydrogen (secondary N) is 1. The summed E-state index contributed by atoms with van der Waals surface area (Å²) in [5, 5.41) is 3.00. The van der Waals surface area contributed by atoms with Crippen LogP contribution in [0.2, 0.25) is 0 Å². The van der Waals surface area contributed by atoms with Crippen LogP contribution in [0.25, 0.3) is 0 Å². The molecule has 0 heterocycles. The maximum atomic E-state index is 10.7. The minimum absolute atomic E-state index is 0.272. The molecule has 2 heteroatoms. The first-order chi connectivity index (χ1) is 7.64. The summed E-state index contributed by atoms with van der Waals surface area (Å²) in [5.41, 5.74) is 0.849. The van der Waals surface area contributed by atoms with Crippen LogP contribution in [-0.4, -0.2) is 12.5 Å². The highest BCUT2D eigenvalue weighted by Crippen LogP contribution is 2.59. The lowest BCUT2D eigenvalue weighted by atomic mass is 9.48. The highest BCUT2D eigenvalue weighted by Gasteiger charge is 2.52. The molecule has 0 radical (unpaired) electrons. The minimum Gasteiger partial charge on any atom is -0.356 e. The van der Waals surface area contributed by atoms with Crippen molar-refractivity contribution >= 4 is 6.41 Å². The van der Waals surface area contributed by atoms with Crippen LogP contribution in [0.3, 0.4) is 0 Å². The van der Waals surface area contributed by atoms with Crippen LogP contribution < -0.4 is 5.32 Å². The van der Waals surface area contributed by atoms with Gasteiger partial charge in [-0.2, -0.15) is 0 Å². The van der Waals surface area contributed by atoms with Gasteiger partial charge in [-0.1, -0.05) is 48.0 Å². The molecule has 1 rings (SSSR count). The van der Waals surface area contributed by atoms with Crippen molar-refractivity contribution in [2.24, 2.45) is 16.2 Å². The summed E-state index contributed by atoms with van der Waals surface area (Å²) in [6.45, 7) is 14.1. The van der Waals surface area contributed by atoms with E-state index in [1.54, 1.807) is 0 Å². The average Bonchev–Trinajstić information content (AvgIpc) is 2.15. The molecule has 0 spiro atoms. The third kappa shape index (κ3) is 2.66. The van der Waals surface area contributed by atoms with Crippen molar-refractivity contribution < 1.29 is 4.79 Å². The second kappa shape index (κ2) is 4.62. The fourth-order valence-electron chi connectivity index (χ4n) is 4.00. The van der Waals surface area contributed by atoms with Gasteiger partial charge in [0.25, 0.3) is 0 Å². The second-order valence-corrected chi connectivity index (χ2v) is 7.66. The molecule has 0 bridgehead atoms. The summed E-state index contributed by atoms with van der Waals surface area (Å²) < 4.78 is 0. The molecule has 1 unspecified atom stereocenters. The lowest BCUT2D eigenvalue weighted by Crippen LogP contribution is -2.52. The van der Waals surface area contributed by atoms with E-state index in [1.807, 2.05) is 0 Å². The lowest BCUT2D eigenvalue weighted by molar-refractivity contribution is -0.113. The Kier molecular flexibility index (Phi) is 3.95. The first-order valence-electron chi connectivity index (χ1n) is 6.84. The number of carbonyl (C=O) groups excluding carboxylic acids is 1. The number of rotatable bonds is 2. The number of hydrogen-bond acceptors (Lipinski definition) is 1. The molecule has 17 heavy (non-hydrogen) atoms. The lowest BCUT2D eigenvalue weighted by Gasteiger charge is -2.57. The van der Waals surface area contributed by atoms with Crippen molar-refractivity contribution in [1.82, 2.24) is 5.32 Å². The van der Waals surface area contributed by atoms with E-state index in [-0.39, 0.29) is 10.8 Å². The van der Waals surface area contributed by atoms with Crippen LogP contribution >= 0.6 is 0 Å². The Morgan fingerprint density at radius 2 is 1.65 bits per heavy atom. The van der Waals surface area contributed by atoms with Crippen molar-refractivity contribution in [3.05, 3.63) is 0 Å². The Labute approximate surface area is 107 Å². The molecular weight excluding hydrogens is 210 g/mol. The van der Waals surface area contributed by atoms with Crippen LogP contribution in [0.4, 0.5) is 0 Å². The van der Waals surface area contributed by atoms with Gasteiger partial charge in [0.1, 0.15) is 0 Å². The molecule has 2 nitrogen and oxygen atoms in total. The Bertz CT molecular complexity index is 256. The molecule has 1 N–H and O–H groups in total. The fraction of sp³-hybridized carbons (Fsp3) is 0.933. The van der Waals surface area contributed by atoms with E-state index in [9.17, 15) is 4.79 Å². The van der Waals surface area contributed by atoms with Gasteiger partial charge in [0, 0.05) is 6.04 Å². The van der Waals surface area contributed by atoms with Gasteiger partial charge in [-0.25, -0.2) is 0 Å². The van der Waals surface area contributed by atoms with Crippen molar-refractivity contribution in [3.63, 3.8) is 0 Å². The van der Waals surface area contributed by atoms with Gasteiger partial charge in [0.15, 0.2) is 0 Å². The molecule has 0 aromatic carbocycles. The molecule has 1 aliphatic rings. The average molecular weight is 239 g/mol. The Hall–Kier alpha value is -0.530. The summed E-state index contributed by atoms with van der Waals surface area (Å²) in [4.78, 5) is 10.7. The van der Waals surface area contributed by atoms with E-state index < -0.39 is 0 Å². The zero-order valence-electron chi connectivity index (χ0n) is 12.4. The molecule has 0 aliphatic heterocycles. The first kappa shape index (κ1) is 14.5. The molecule has 0 aromatic rings. The molecule has 1 amide bonds. The summed E-state index contributed by atoms with van der Waals surface area (Å²) in [6.07, 6.45) is 5.61. The highest BCUT2D eigenvalue weighted by molar-refractivity contribution is 5.46. The predicted molar refractivity (Wildman–Crippen MR) is 72.8 cm³/mol. The minimum atomic E-state index is 0.272. The van der Waals surface area contributed by atoms with Crippen molar-refractivity contribution in [1.29, 1.82) is 0 Å². The third-order valence-electron chi connectivity index (χ3n) is 4.93. The van der Waals surface area contributed by atoms with Crippen LogP contribution in [0.15, 0.2) is 0 Å². The standard InChI is InChI=1S/C15H29NO/c1-13(2,3)15(14(4,5)6)9-7-8-12(10-15)16-11-17/h11-12H,7-10H2,1-6H3,(H,16,17). The van der Waals surface area contributed by atoms with Gasteiger partial charge in [0.2, 0.25) is 6.41 Å². The second-order valence-electron chi connectivity index (χ2n) is 7.66. The van der Waals surface area contributed by atoms with Crippen LogP contribution in [0.5, 0.6) is 0 Å². The van der Waals surface area contributed by atoms with E-state index in [0.29, 0.717) is 11.5 Å². The molecule has 0 saturated heterocycles. The van der Waals surface area contributed by atoms with Crippen LogP contribution in [-0.2, 0) is 4.79 Å². The van der Waals surface area contributed by atoms with Gasteiger partial charge in [-0.3, -0.25) is 4.79 Å². The van der Waals surface area contributed by atoms with Crippen molar-refractivity contribution in [2.75, 3.05) is 0 Å². The molecule has 1 atom stereocenters. The van der Waals surface area contributed by atoms with Crippen molar-refractivity contribution in [3.8, 4) is 0 Å². The Morgan fingerprint density at radius 3 is 2.06 bits per heavy atom. The normalized spacial score (nSPS) is 25.4. The number of hydrogen-bond donors (Lipinski definition) is 1. The van der Waals surface area contributed by atoms with Gasteiger partial charge < -0.3 is 5.32 Å². The first-order valence-corrected chi connectivity index (χ1v) is 6.84. The fourth-order valence-corrected chi connectivity index (χ4v) is 4.00. The summed E-state index contributed by atoms with van der Waals surface area (Å²) in [5.74, 6) is 0. The van der Waals surface area contributed by atoms with E-state index in [0.717, 1.165) is 19.3 Å². The van der Waals surface area contributed by atoms with E-state index in [1.165, 1.54) is 12.8 Å². The zero-order chi connectivity index (χ0) is 13.3. The largest absolute Gasteiger partial charge is 0.356 e. The van der Waals surface area contributed by atoms with Gasteiger partial charge in [0.05, 0.1) is 0 Å². The molecule has 1 fully saturated rings. The Morgan fingerprint density at radius 1 is 1.12 bits per heavy atom. The predicted octanol–water partition coefficient (Wildman–Crippen LogP) is 3.75. The maximum Gasteiger partial charge on any atom is 0.207 e. The monoisotopic (exact) mass is 239 g/mol. The van der Waals surface area contributed by atoms with E-state index in [4.69, 9.17) is 0 Å². The maximum absolute atomic E-state index is 10.7.